The largest absolute Gasteiger partial charge is 0.416 e. The molecule has 0 aliphatic carbocycles. The molecule has 0 bridgehead atoms. The number of thioether (sulfide) groups is 1. The van der Waals surface area contributed by atoms with Gasteiger partial charge in [-0.2, -0.15) is 13.2 Å². The van der Waals surface area contributed by atoms with Crippen molar-refractivity contribution in [2.75, 3.05) is 11.1 Å². The minimum absolute atomic E-state index is 0.321. The number of carbonyl (C=O) groups is 2. The maximum absolute atomic E-state index is 13.4. The molecule has 0 saturated carbocycles. The van der Waals surface area contributed by atoms with Crippen LogP contribution in [0.2, 0.25) is 0 Å². The number of hydrogen-bond donors (Lipinski definition) is 1. The van der Waals surface area contributed by atoms with Gasteiger partial charge in [0, 0.05) is 17.0 Å². The van der Waals surface area contributed by atoms with Crippen molar-refractivity contribution in [3.8, 4) is 0 Å². The molecule has 33 heavy (non-hydrogen) atoms. The summed E-state index contributed by atoms with van der Waals surface area (Å²) in [4.78, 5) is 28.0. The molecular weight excluding hydrogens is 449 g/mol. The van der Waals surface area contributed by atoms with Crippen molar-refractivity contribution in [2.45, 2.75) is 24.5 Å². The Labute approximate surface area is 193 Å². The van der Waals surface area contributed by atoms with Gasteiger partial charge in [-0.25, -0.2) is 0 Å². The minimum atomic E-state index is -4.45. The highest BCUT2D eigenvalue weighted by Gasteiger charge is 2.43. The Hall–Kier alpha value is -3.26. The van der Waals surface area contributed by atoms with Crippen molar-refractivity contribution in [1.82, 2.24) is 4.90 Å². The Kier molecular flexibility index (Phi) is 6.47. The number of anilines is 1. The molecule has 0 aromatic heterocycles. The SMILES string of the molecule is Cc1ccc(NC(=O)C2CSC(c3ccc(C(F)(F)F)cc3)N2C(=O)c2ccccc2)cc1. The predicted octanol–water partition coefficient (Wildman–Crippen LogP) is 5.91. The zero-order valence-corrected chi connectivity index (χ0v) is 18.5. The van der Waals surface area contributed by atoms with Crippen molar-refractivity contribution in [3.05, 3.63) is 101 Å². The quantitative estimate of drug-likeness (QED) is 0.516. The fraction of sp³-hybridized carbons (Fsp3) is 0.200. The van der Waals surface area contributed by atoms with Gasteiger partial charge in [-0.15, -0.1) is 11.8 Å². The molecule has 0 radical (unpaired) electrons. The molecule has 3 aromatic rings. The molecule has 4 rings (SSSR count). The second kappa shape index (κ2) is 9.31. The summed E-state index contributed by atoms with van der Waals surface area (Å²) in [6.07, 6.45) is -4.45. The maximum atomic E-state index is 13.4. The average Bonchev–Trinajstić information content (AvgIpc) is 3.25. The van der Waals surface area contributed by atoms with E-state index < -0.39 is 23.2 Å². The lowest BCUT2D eigenvalue weighted by molar-refractivity contribution is -0.137. The molecular formula is C25H21F3N2O2S. The third-order valence-corrected chi connectivity index (χ3v) is 6.72. The number of nitrogens with zero attached hydrogens (tertiary/aromatic N) is 1. The van der Waals surface area contributed by atoms with Crippen LogP contribution in [0, 0.1) is 6.92 Å². The van der Waals surface area contributed by atoms with Crippen molar-refractivity contribution in [3.63, 3.8) is 0 Å². The van der Waals surface area contributed by atoms with Crippen molar-refractivity contribution in [1.29, 1.82) is 0 Å². The summed E-state index contributed by atoms with van der Waals surface area (Å²) in [5.74, 6) is -0.373. The van der Waals surface area contributed by atoms with Gasteiger partial charge >= 0.3 is 6.18 Å². The molecule has 1 aliphatic rings. The Bertz CT molecular complexity index is 1130. The molecule has 1 heterocycles. The molecule has 3 aromatic carbocycles. The van der Waals surface area contributed by atoms with Crippen molar-refractivity contribution in [2.24, 2.45) is 0 Å². The van der Waals surface area contributed by atoms with Gasteiger partial charge < -0.3 is 10.2 Å². The number of benzene rings is 3. The first kappa shape index (κ1) is 22.9. The van der Waals surface area contributed by atoms with E-state index in [2.05, 4.69) is 5.32 Å². The summed E-state index contributed by atoms with van der Waals surface area (Å²) in [5, 5.41) is 2.26. The highest BCUT2D eigenvalue weighted by Crippen LogP contribution is 2.43. The number of amides is 2. The van der Waals surface area contributed by atoms with Gasteiger partial charge in [0.2, 0.25) is 5.91 Å². The summed E-state index contributed by atoms with van der Waals surface area (Å²) in [5.41, 5.74) is 1.84. The Balaban J connectivity index is 1.64. The molecule has 1 saturated heterocycles. The fourth-order valence-corrected chi connectivity index (χ4v) is 5.07. The van der Waals surface area contributed by atoms with E-state index in [0.29, 0.717) is 22.6 Å². The van der Waals surface area contributed by atoms with Crippen LogP contribution >= 0.6 is 11.8 Å². The number of alkyl halides is 3. The van der Waals surface area contributed by atoms with Crippen LogP contribution in [-0.4, -0.2) is 28.5 Å². The molecule has 2 unspecified atom stereocenters. The number of nitrogens with one attached hydrogen (secondary N) is 1. The Morgan fingerprint density at radius 1 is 0.939 bits per heavy atom. The van der Waals surface area contributed by atoms with E-state index in [1.54, 1.807) is 42.5 Å². The molecule has 170 valence electrons. The smallest absolute Gasteiger partial charge is 0.324 e. The van der Waals surface area contributed by atoms with E-state index in [1.807, 2.05) is 19.1 Å². The summed E-state index contributed by atoms with van der Waals surface area (Å²) < 4.78 is 39.0. The summed E-state index contributed by atoms with van der Waals surface area (Å²) >= 11 is 1.35. The lowest BCUT2D eigenvalue weighted by Gasteiger charge is -2.29. The zero-order valence-electron chi connectivity index (χ0n) is 17.7. The van der Waals surface area contributed by atoms with Crippen molar-refractivity contribution >= 4 is 29.3 Å². The predicted molar refractivity (Wildman–Crippen MR) is 123 cm³/mol. The highest BCUT2D eigenvalue weighted by atomic mass is 32.2. The van der Waals surface area contributed by atoms with Gasteiger partial charge in [-0.1, -0.05) is 48.0 Å². The standard InChI is InChI=1S/C25H21F3N2O2S/c1-16-7-13-20(14-8-16)29-22(31)21-15-33-24(18-9-11-19(12-10-18)25(26,27)28)30(21)23(32)17-5-3-2-4-6-17/h2-14,21,24H,15H2,1H3,(H,29,31). The van der Waals surface area contributed by atoms with Crippen molar-refractivity contribution < 1.29 is 22.8 Å². The van der Waals surface area contributed by atoms with Gasteiger partial charge in [0.25, 0.3) is 5.91 Å². The van der Waals surface area contributed by atoms with Crippen LogP contribution in [0.4, 0.5) is 18.9 Å². The molecule has 1 N–H and O–H groups in total. The van der Waals surface area contributed by atoms with Gasteiger partial charge in [-0.3, -0.25) is 9.59 Å². The third kappa shape index (κ3) is 5.06. The van der Waals surface area contributed by atoms with Crippen LogP contribution in [0.1, 0.15) is 32.4 Å². The van der Waals surface area contributed by atoms with Crippen LogP contribution in [-0.2, 0) is 11.0 Å². The molecule has 8 heteroatoms. The van der Waals surface area contributed by atoms with E-state index in [1.165, 1.54) is 28.8 Å². The normalized spacial score (nSPS) is 18.2. The summed E-state index contributed by atoms with van der Waals surface area (Å²) in [6.45, 7) is 1.94. The second-order valence-corrected chi connectivity index (χ2v) is 8.87. The van der Waals surface area contributed by atoms with Crippen LogP contribution in [0.5, 0.6) is 0 Å². The first-order chi connectivity index (χ1) is 15.7. The van der Waals surface area contributed by atoms with E-state index in [9.17, 15) is 22.8 Å². The first-order valence-electron chi connectivity index (χ1n) is 10.3. The summed E-state index contributed by atoms with van der Waals surface area (Å²) in [7, 11) is 0. The number of carbonyl (C=O) groups excluding carboxylic acids is 2. The monoisotopic (exact) mass is 470 g/mol. The van der Waals surface area contributed by atoms with Gasteiger partial charge in [0.15, 0.2) is 0 Å². The van der Waals surface area contributed by atoms with E-state index in [-0.39, 0.29) is 11.8 Å². The van der Waals surface area contributed by atoms with Gasteiger partial charge in [0.05, 0.1) is 5.56 Å². The van der Waals surface area contributed by atoms with Crippen LogP contribution in [0.15, 0.2) is 78.9 Å². The minimum Gasteiger partial charge on any atom is -0.324 e. The Morgan fingerprint density at radius 3 is 2.18 bits per heavy atom. The number of rotatable bonds is 4. The molecule has 2 amide bonds. The lowest BCUT2D eigenvalue weighted by Crippen LogP contribution is -2.45. The van der Waals surface area contributed by atoms with Crippen LogP contribution < -0.4 is 5.32 Å². The molecule has 0 spiro atoms. The van der Waals surface area contributed by atoms with E-state index in [0.717, 1.165) is 17.7 Å². The zero-order chi connectivity index (χ0) is 23.6. The first-order valence-corrected chi connectivity index (χ1v) is 11.3. The van der Waals surface area contributed by atoms with E-state index >= 15 is 0 Å². The topological polar surface area (TPSA) is 49.4 Å². The number of aryl methyl sites for hydroxylation is 1. The Morgan fingerprint density at radius 2 is 1.58 bits per heavy atom. The molecule has 1 aliphatic heterocycles. The maximum Gasteiger partial charge on any atom is 0.416 e. The fourth-order valence-electron chi connectivity index (χ4n) is 3.64. The average molecular weight is 471 g/mol. The lowest BCUT2D eigenvalue weighted by atomic mass is 10.1. The molecule has 4 nitrogen and oxygen atoms in total. The molecule has 1 fully saturated rings. The van der Waals surface area contributed by atoms with Crippen LogP contribution in [0.3, 0.4) is 0 Å². The summed E-state index contributed by atoms with van der Waals surface area (Å²) in [6, 6.07) is 19.8. The molecule has 2 atom stereocenters. The van der Waals surface area contributed by atoms with E-state index in [4.69, 9.17) is 0 Å². The highest BCUT2D eigenvalue weighted by molar-refractivity contribution is 7.99. The number of hydrogen-bond acceptors (Lipinski definition) is 3. The van der Waals surface area contributed by atoms with Crippen LogP contribution in [0.25, 0.3) is 0 Å². The second-order valence-electron chi connectivity index (χ2n) is 7.75. The third-order valence-electron chi connectivity index (χ3n) is 5.40. The van der Waals surface area contributed by atoms with Gasteiger partial charge in [-0.05, 0) is 48.9 Å². The van der Waals surface area contributed by atoms with Gasteiger partial charge in [0.1, 0.15) is 11.4 Å². The number of halogens is 3.